The third-order valence-electron chi connectivity index (χ3n) is 6.19. The molecule has 1 aromatic heterocycles. The maximum absolute atomic E-state index is 14.9. The molecule has 0 spiro atoms. The lowest BCUT2D eigenvalue weighted by molar-refractivity contribution is -0.141. The highest BCUT2D eigenvalue weighted by Gasteiger charge is 2.38. The van der Waals surface area contributed by atoms with Crippen LogP contribution in [-0.2, 0) is 17.5 Å². The number of ether oxygens (including phenoxy) is 1. The van der Waals surface area contributed by atoms with Gasteiger partial charge in [0.25, 0.3) is 0 Å². The number of halogens is 4. The summed E-state index contributed by atoms with van der Waals surface area (Å²) < 4.78 is 58.6. The lowest BCUT2D eigenvalue weighted by Gasteiger charge is -2.42. The van der Waals surface area contributed by atoms with Crippen molar-refractivity contribution in [3.63, 3.8) is 0 Å². The van der Waals surface area contributed by atoms with Crippen molar-refractivity contribution in [2.45, 2.75) is 50.9 Å². The van der Waals surface area contributed by atoms with Crippen LogP contribution in [0.5, 0.6) is 0 Å². The van der Waals surface area contributed by atoms with Gasteiger partial charge in [0, 0.05) is 32.2 Å². The van der Waals surface area contributed by atoms with Crippen molar-refractivity contribution in [2.24, 2.45) is 0 Å². The monoisotopic (exact) mass is 481 g/mol. The Labute approximate surface area is 195 Å². The van der Waals surface area contributed by atoms with E-state index in [0.29, 0.717) is 19.0 Å². The Balaban J connectivity index is 1.28. The number of hydrogen-bond acceptors (Lipinski definition) is 6. The van der Waals surface area contributed by atoms with Gasteiger partial charge in [-0.1, -0.05) is 30.3 Å². The van der Waals surface area contributed by atoms with Gasteiger partial charge in [-0.25, -0.2) is 19.2 Å². The summed E-state index contributed by atoms with van der Waals surface area (Å²) in [7, 11) is 0. The second-order valence-corrected chi connectivity index (χ2v) is 8.69. The topological polar surface area (TPSA) is 61.8 Å². The van der Waals surface area contributed by atoms with Gasteiger partial charge in [-0.05, 0) is 25.3 Å². The fourth-order valence-electron chi connectivity index (χ4n) is 4.30. The van der Waals surface area contributed by atoms with Gasteiger partial charge in [0.05, 0.1) is 18.9 Å². The van der Waals surface area contributed by atoms with Crippen LogP contribution in [0.15, 0.2) is 42.7 Å². The number of hydrogen-bond donors (Lipinski definition) is 0. The summed E-state index contributed by atoms with van der Waals surface area (Å²) >= 11 is 0. The number of aromatic nitrogens is 2. The molecular formula is C23H27F4N5O2. The van der Waals surface area contributed by atoms with E-state index in [0.717, 1.165) is 30.7 Å². The summed E-state index contributed by atoms with van der Waals surface area (Å²) in [5, 5.41) is 0. The smallest absolute Gasteiger partial charge is 0.434 e. The van der Waals surface area contributed by atoms with Gasteiger partial charge < -0.3 is 9.64 Å². The van der Waals surface area contributed by atoms with Crippen LogP contribution in [-0.4, -0.2) is 70.5 Å². The number of alkyl halides is 4. The standard InChI is InChI=1S/C23H27F4N5O2/c1-16-13-32(20(24)15-31(16)21-12-28-19(11-29-21)23(25,26)27)22(33)34-18-7-9-30(10-8-18)14-17-5-3-2-4-6-17/h2-6,11-12,16,18,20H,7-10,13-15H2,1H3/t16-,20+/m1/s1. The summed E-state index contributed by atoms with van der Waals surface area (Å²) in [6, 6.07) is 9.75. The first kappa shape index (κ1) is 24.2. The van der Waals surface area contributed by atoms with E-state index < -0.39 is 24.3 Å². The van der Waals surface area contributed by atoms with Crippen LogP contribution in [0.1, 0.15) is 31.0 Å². The molecule has 2 saturated heterocycles. The molecule has 2 fully saturated rings. The average molecular weight is 481 g/mol. The van der Waals surface area contributed by atoms with E-state index >= 15 is 0 Å². The van der Waals surface area contributed by atoms with Crippen molar-refractivity contribution in [3.05, 3.63) is 54.0 Å². The van der Waals surface area contributed by atoms with Crippen LogP contribution < -0.4 is 4.90 Å². The molecule has 184 valence electrons. The molecule has 0 aliphatic carbocycles. The maximum Gasteiger partial charge on any atom is 0.434 e. The van der Waals surface area contributed by atoms with Crippen LogP contribution in [0.25, 0.3) is 0 Å². The van der Waals surface area contributed by atoms with Crippen LogP contribution in [0, 0.1) is 0 Å². The van der Waals surface area contributed by atoms with E-state index in [1.54, 1.807) is 6.92 Å². The van der Waals surface area contributed by atoms with Gasteiger partial charge in [-0.15, -0.1) is 0 Å². The predicted octanol–water partition coefficient (Wildman–Crippen LogP) is 4.10. The normalized spacial score (nSPS) is 22.6. The van der Waals surface area contributed by atoms with Gasteiger partial charge in [-0.2, -0.15) is 13.2 Å². The van der Waals surface area contributed by atoms with E-state index in [-0.39, 0.29) is 31.1 Å². The summed E-state index contributed by atoms with van der Waals surface area (Å²) in [6.07, 6.45) is -4.31. The molecule has 0 radical (unpaired) electrons. The molecule has 0 N–H and O–H groups in total. The first-order chi connectivity index (χ1) is 16.2. The number of piperazine rings is 1. The number of likely N-dealkylation sites (tertiary alicyclic amines) is 1. The maximum atomic E-state index is 14.9. The Kier molecular flexibility index (Phi) is 7.20. The van der Waals surface area contributed by atoms with E-state index in [2.05, 4.69) is 27.0 Å². The fourth-order valence-corrected chi connectivity index (χ4v) is 4.30. The Morgan fingerprint density at radius 2 is 1.79 bits per heavy atom. The molecule has 2 aliphatic heterocycles. The minimum absolute atomic E-state index is 0.0234. The Bertz CT molecular complexity index is 952. The minimum Gasteiger partial charge on any atom is -0.446 e. The van der Waals surface area contributed by atoms with Crippen LogP contribution >= 0.6 is 0 Å². The molecule has 4 rings (SSSR count). The lowest BCUT2D eigenvalue weighted by Crippen LogP contribution is -2.58. The Hall–Kier alpha value is -2.95. The third-order valence-corrected chi connectivity index (χ3v) is 6.19. The molecule has 7 nitrogen and oxygen atoms in total. The lowest BCUT2D eigenvalue weighted by atomic mass is 10.1. The molecule has 11 heteroatoms. The number of anilines is 1. The largest absolute Gasteiger partial charge is 0.446 e. The number of benzene rings is 1. The highest BCUT2D eigenvalue weighted by molar-refractivity contribution is 5.68. The second kappa shape index (κ2) is 10.1. The van der Waals surface area contributed by atoms with Gasteiger partial charge in [0.1, 0.15) is 11.9 Å². The zero-order valence-electron chi connectivity index (χ0n) is 18.8. The summed E-state index contributed by atoms with van der Waals surface area (Å²) in [5.74, 6) is 0.127. The van der Waals surface area contributed by atoms with Crippen molar-refractivity contribution >= 4 is 11.9 Å². The molecular weight excluding hydrogens is 454 g/mol. The number of nitrogens with zero attached hydrogens (tertiary/aromatic N) is 5. The zero-order chi connectivity index (χ0) is 24.3. The van der Waals surface area contributed by atoms with Crippen molar-refractivity contribution in [3.8, 4) is 0 Å². The second-order valence-electron chi connectivity index (χ2n) is 8.69. The van der Waals surface area contributed by atoms with Crippen molar-refractivity contribution in [1.29, 1.82) is 0 Å². The molecule has 2 aliphatic rings. The number of rotatable bonds is 4. The molecule has 0 unspecified atom stereocenters. The molecule has 0 saturated carbocycles. The predicted molar refractivity (Wildman–Crippen MR) is 117 cm³/mol. The van der Waals surface area contributed by atoms with Crippen molar-refractivity contribution in [1.82, 2.24) is 19.8 Å². The molecule has 2 aromatic rings. The quantitative estimate of drug-likeness (QED) is 0.484. The van der Waals surface area contributed by atoms with Gasteiger partial charge >= 0.3 is 12.3 Å². The van der Waals surface area contributed by atoms with E-state index in [9.17, 15) is 22.4 Å². The molecule has 0 bridgehead atoms. The molecule has 1 aromatic carbocycles. The molecule has 1 amide bonds. The zero-order valence-corrected chi connectivity index (χ0v) is 18.8. The number of carbonyl (C=O) groups excluding carboxylic acids is 1. The average Bonchev–Trinajstić information content (AvgIpc) is 2.82. The van der Waals surface area contributed by atoms with Crippen LogP contribution in [0.2, 0.25) is 0 Å². The van der Waals surface area contributed by atoms with Gasteiger partial charge in [-0.3, -0.25) is 9.80 Å². The highest BCUT2D eigenvalue weighted by Crippen LogP contribution is 2.29. The minimum atomic E-state index is -4.60. The third kappa shape index (κ3) is 5.75. The summed E-state index contributed by atoms with van der Waals surface area (Å²) in [4.78, 5) is 24.7. The number of piperidine rings is 1. The van der Waals surface area contributed by atoms with Crippen molar-refractivity contribution in [2.75, 3.05) is 31.1 Å². The Morgan fingerprint density at radius 1 is 1.09 bits per heavy atom. The van der Waals surface area contributed by atoms with E-state index in [4.69, 9.17) is 4.74 Å². The number of carbonyl (C=O) groups is 1. The summed E-state index contributed by atoms with van der Waals surface area (Å²) in [6.45, 7) is 3.93. The van der Waals surface area contributed by atoms with Crippen LogP contribution in [0.3, 0.4) is 0 Å². The van der Waals surface area contributed by atoms with Crippen molar-refractivity contribution < 1.29 is 27.1 Å². The van der Waals surface area contributed by atoms with Crippen LogP contribution in [0.4, 0.5) is 28.2 Å². The first-order valence-corrected chi connectivity index (χ1v) is 11.2. The molecule has 34 heavy (non-hydrogen) atoms. The SMILES string of the molecule is C[C@@H]1CN(C(=O)OC2CCN(Cc3ccccc3)CC2)[C@H](F)CN1c1cnc(C(F)(F)F)cn1. The molecule has 3 heterocycles. The number of amides is 1. The van der Waals surface area contributed by atoms with Gasteiger partial charge in [0.15, 0.2) is 12.0 Å². The highest BCUT2D eigenvalue weighted by atomic mass is 19.4. The summed E-state index contributed by atoms with van der Waals surface area (Å²) in [5.41, 5.74) is 0.112. The van der Waals surface area contributed by atoms with Gasteiger partial charge in [0.2, 0.25) is 0 Å². The fraction of sp³-hybridized carbons (Fsp3) is 0.522. The molecule has 2 atom stereocenters. The Morgan fingerprint density at radius 3 is 2.41 bits per heavy atom. The van der Waals surface area contributed by atoms with E-state index in [1.165, 1.54) is 10.5 Å². The first-order valence-electron chi connectivity index (χ1n) is 11.2. The van der Waals surface area contributed by atoms with E-state index in [1.807, 2.05) is 18.2 Å².